The van der Waals surface area contributed by atoms with E-state index in [-0.39, 0.29) is 12.1 Å². The van der Waals surface area contributed by atoms with Gasteiger partial charge in [-0.05, 0) is 57.0 Å². The zero-order valence-corrected chi connectivity index (χ0v) is 15.7. The van der Waals surface area contributed by atoms with E-state index in [9.17, 15) is 4.79 Å². The number of carbonyl (C=O) groups excluding carboxylic acids is 1. The van der Waals surface area contributed by atoms with Crippen molar-refractivity contribution >= 4 is 23.1 Å². The minimum Gasteiger partial charge on any atom is -0.315 e. The topological polar surface area (TPSA) is 63.1 Å². The summed E-state index contributed by atoms with van der Waals surface area (Å²) >= 11 is 1.61. The van der Waals surface area contributed by atoms with Crippen LogP contribution in [0, 0.1) is 13.8 Å². The number of nitrogens with one attached hydrogen (secondary N) is 1. The quantitative estimate of drug-likeness (QED) is 0.750. The van der Waals surface area contributed by atoms with Crippen LogP contribution in [0.4, 0.5) is 10.5 Å². The van der Waals surface area contributed by atoms with Gasteiger partial charge in [0.2, 0.25) is 0 Å². The third-order valence-electron chi connectivity index (χ3n) is 4.62. The molecule has 2 aromatic heterocycles. The molecule has 2 amide bonds. The summed E-state index contributed by atoms with van der Waals surface area (Å²) in [5, 5.41) is 10.5. The van der Waals surface area contributed by atoms with Crippen LogP contribution in [0.5, 0.6) is 0 Å². The highest BCUT2D eigenvalue weighted by atomic mass is 32.1. The first kappa shape index (κ1) is 16.8. The Hall–Kier alpha value is -2.67. The Balaban J connectivity index is 1.47. The zero-order valence-electron chi connectivity index (χ0n) is 14.8. The average molecular weight is 367 g/mol. The number of nitrogens with zero attached hydrogens (tertiary/aromatic N) is 4. The fourth-order valence-corrected chi connectivity index (χ4v) is 4.22. The Morgan fingerprint density at radius 2 is 2.08 bits per heavy atom. The number of hydrogen-bond acceptors (Lipinski definition) is 4. The van der Waals surface area contributed by atoms with Gasteiger partial charge in [-0.3, -0.25) is 0 Å². The maximum atomic E-state index is 12.7. The van der Waals surface area contributed by atoms with Crippen LogP contribution in [-0.2, 0) is 0 Å². The normalized spacial score (nSPS) is 16.8. The lowest BCUT2D eigenvalue weighted by molar-refractivity contribution is 0.207. The summed E-state index contributed by atoms with van der Waals surface area (Å²) in [5.74, 6) is 0. The second kappa shape index (κ2) is 6.92. The van der Waals surface area contributed by atoms with Crippen molar-refractivity contribution in [2.45, 2.75) is 32.7 Å². The van der Waals surface area contributed by atoms with Gasteiger partial charge in [-0.15, -0.1) is 11.3 Å². The first-order valence-corrected chi connectivity index (χ1v) is 9.60. The van der Waals surface area contributed by atoms with Gasteiger partial charge < -0.3 is 10.2 Å². The Labute approximate surface area is 156 Å². The first-order valence-electron chi connectivity index (χ1n) is 8.72. The van der Waals surface area contributed by atoms with Crippen LogP contribution in [0.2, 0.25) is 0 Å². The smallest absolute Gasteiger partial charge is 0.315 e. The molecule has 1 fully saturated rings. The third-order valence-corrected chi connectivity index (χ3v) is 5.50. The maximum Gasteiger partial charge on any atom is 0.322 e. The molecule has 0 aliphatic carbocycles. The molecule has 3 aromatic rings. The van der Waals surface area contributed by atoms with E-state index >= 15 is 0 Å². The van der Waals surface area contributed by atoms with Crippen molar-refractivity contribution in [3.63, 3.8) is 0 Å². The molecule has 6 nitrogen and oxygen atoms in total. The fraction of sp³-hybridized carbons (Fsp3) is 0.316. The van der Waals surface area contributed by atoms with Crippen molar-refractivity contribution in [1.82, 2.24) is 19.7 Å². The molecular weight excluding hydrogens is 346 g/mol. The van der Waals surface area contributed by atoms with Gasteiger partial charge in [0.15, 0.2) is 0 Å². The molecule has 4 rings (SSSR count). The number of aromatic nitrogens is 3. The number of carbonyl (C=O) groups is 1. The highest BCUT2D eigenvalue weighted by molar-refractivity contribution is 7.09. The SMILES string of the molecule is Cc1cc(C)n(-c2ccc(NC(=O)N3CCC[C@H]3c3nccs3)cc2)n1. The Kier molecular flexibility index (Phi) is 4.46. The van der Waals surface area contributed by atoms with Crippen LogP contribution in [0.3, 0.4) is 0 Å². The van der Waals surface area contributed by atoms with Crippen LogP contribution in [0.25, 0.3) is 5.69 Å². The molecule has 134 valence electrons. The number of benzene rings is 1. The highest BCUT2D eigenvalue weighted by Gasteiger charge is 2.31. The second-order valence-corrected chi connectivity index (χ2v) is 7.46. The van der Waals surface area contributed by atoms with E-state index in [1.165, 1.54) is 0 Å². The van der Waals surface area contributed by atoms with Crippen molar-refractivity contribution in [3.8, 4) is 5.69 Å². The molecule has 1 aliphatic rings. The Morgan fingerprint density at radius 3 is 2.73 bits per heavy atom. The average Bonchev–Trinajstić information content (AvgIpc) is 3.35. The maximum absolute atomic E-state index is 12.7. The minimum atomic E-state index is -0.0680. The summed E-state index contributed by atoms with van der Waals surface area (Å²) in [5.41, 5.74) is 3.84. The number of anilines is 1. The largest absolute Gasteiger partial charge is 0.322 e. The molecule has 1 saturated heterocycles. The summed E-state index contributed by atoms with van der Waals surface area (Å²) in [7, 11) is 0. The molecule has 3 heterocycles. The molecule has 1 N–H and O–H groups in total. The Morgan fingerprint density at radius 1 is 1.27 bits per heavy atom. The van der Waals surface area contributed by atoms with Crippen molar-refractivity contribution in [3.05, 3.63) is 58.3 Å². The molecule has 1 atom stereocenters. The molecule has 1 aromatic carbocycles. The lowest BCUT2D eigenvalue weighted by atomic mass is 10.2. The van der Waals surface area contributed by atoms with E-state index in [1.807, 2.05) is 59.1 Å². The molecule has 1 aliphatic heterocycles. The van der Waals surface area contributed by atoms with Crippen molar-refractivity contribution in [2.24, 2.45) is 0 Å². The van der Waals surface area contributed by atoms with E-state index in [0.29, 0.717) is 0 Å². The van der Waals surface area contributed by atoms with E-state index in [0.717, 1.165) is 47.2 Å². The molecule has 0 saturated carbocycles. The van der Waals surface area contributed by atoms with Crippen LogP contribution >= 0.6 is 11.3 Å². The molecular formula is C19H21N5OS. The van der Waals surface area contributed by atoms with Crippen LogP contribution in [0.15, 0.2) is 41.9 Å². The summed E-state index contributed by atoms with van der Waals surface area (Å²) in [6.45, 7) is 4.77. The van der Waals surface area contributed by atoms with Gasteiger partial charge in [0.1, 0.15) is 5.01 Å². The van der Waals surface area contributed by atoms with Gasteiger partial charge >= 0.3 is 6.03 Å². The summed E-state index contributed by atoms with van der Waals surface area (Å²) in [4.78, 5) is 19.0. The molecule has 0 radical (unpaired) electrons. The van der Waals surface area contributed by atoms with Crippen molar-refractivity contribution in [2.75, 3.05) is 11.9 Å². The van der Waals surface area contributed by atoms with Gasteiger partial charge in [-0.2, -0.15) is 5.10 Å². The molecule has 7 heteroatoms. The van der Waals surface area contributed by atoms with Crippen molar-refractivity contribution < 1.29 is 4.79 Å². The van der Waals surface area contributed by atoms with E-state index in [2.05, 4.69) is 15.4 Å². The Bertz CT molecular complexity index is 901. The van der Waals surface area contributed by atoms with Gasteiger partial charge in [0, 0.05) is 29.5 Å². The molecule has 26 heavy (non-hydrogen) atoms. The molecule has 0 spiro atoms. The van der Waals surface area contributed by atoms with Gasteiger partial charge in [-0.1, -0.05) is 0 Å². The predicted octanol–water partition coefficient (Wildman–Crippen LogP) is 4.31. The predicted molar refractivity (Wildman–Crippen MR) is 103 cm³/mol. The summed E-state index contributed by atoms with van der Waals surface area (Å²) in [6, 6.07) is 9.83. The zero-order chi connectivity index (χ0) is 18.1. The molecule has 0 unspecified atom stereocenters. The van der Waals surface area contributed by atoms with Gasteiger partial charge in [0.25, 0.3) is 0 Å². The highest BCUT2D eigenvalue weighted by Crippen LogP contribution is 2.33. The van der Waals surface area contributed by atoms with Crippen molar-refractivity contribution in [1.29, 1.82) is 0 Å². The van der Waals surface area contributed by atoms with E-state index < -0.39 is 0 Å². The standard InChI is InChI=1S/C19H21N5OS/c1-13-12-14(2)24(22-13)16-7-5-15(6-8-16)21-19(25)23-10-3-4-17(23)18-20-9-11-26-18/h5-9,11-12,17H,3-4,10H2,1-2H3,(H,21,25)/t17-/m0/s1. The number of aryl methyl sites for hydroxylation is 2. The van der Waals surface area contributed by atoms with Crippen LogP contribution < -0.4 is 5.32 Å². The number of amides is 2. The fourth-order valence-electron chi connectivity index (χ4n) is 3.44. The monoisotopic (exact) mass is 367 g/mol. The minimum absolute atomic E-state index is 0.0680. The lowest BCUT2D eigenvalue weighted by Gasteiger charge is -2.23. The lowest BCUT2D eigenvalue weighted by Crippen LogP contribution is -2.34. The third kappa shape index (κ3) is 3.22. The summed E-state index contributed by atoms with van der Waals surface area (Å²) in [6.07, 6.45) is 3.78. The van der Waals surface area contributed by atoms with Gasteiger partial charge in [0.05, 0.1) is 17.4 Å². The number of rotatable bonds is 3. The van der Waals surface area contributed by atoms with E-state index in [1.54, 1.807) is 17.5 Å². The summed E-state index contributed by atoms with van der Waals surface area (Å²) < 4.78 is 1.90. The second-order valence-electron chi connectivity index (χ2n) is 6.54. The number of urea groups is 1. The van der Waals surface area contributed by atoms with E-state index in [4.69, 9.17) is 0 Å². The van der Waals surface area contributed by atoms with Gasteiger partial charge in [-0.25, -0.2) is 14.5 Å². The number of hydrogen-bond donors (Lipinski definition) is 1. The van der Waals surface area contributed by atoms with Crippen LogP contribution in [0.1, 0.15) is 35.3 Å². The van der Waals surface area contributed by atoms with Crippen LogP contribution in [-0.4, -0.2) is 32.2 Å². The number of thiazole rings is 1. The number of likely N-dealkylation sites (tertiary alicyclic amines) is 1. The molecule has 0 bridgehead atoms. The first-order chi connectivity index (χ1) is 12.6.